The first-order chi connectivity index (χ1) is 16.4. The van der Waals surface area contributed by atoms with Crippen molar-refractivity contribution in [2.75, 3.05) is 18.6 Å². The second-order valence-corrected chi connectivity index (χ2v) is 9.75. The van der Waals surface area contributed by atoms with E-state index < -0.39 is 17.7 Å². The lowest BCUT2D eigenvalue weighted by Crippen LogP contribution is -2.40. The van der Waals surface area contributed by atoms with Crippen LogP contribution in [0.15, 0.2) is 48.6 Å². The molecular weight excluding hydrogens is 461 g/mol. The van der Waals surface area contributed by atoms with Crippen LogP contribution in [0, 0.1) is 41.3 Å². The Balaban J connectivity index is 1.17. The summed E-state index contributed by atoms with van der Waals surface area (Å²) in [5.74, 6) is -0.846. The maximum absolute atomic E-state index is 15.0. The Labute approximate surface area is 200 Å². The van der Waals surface area contributed by atoms with Gasteiger partial charge in [-0.3, -0.25) is 14.4 Å². The molecular formula is C26H21ClFNO5. The number of ketones is 1. The number of anilines is 1. The molecule has 2 saturated carbocycles. The van der Waals surface area contributed by atoms with Gasteiger partial charge in [0.05, 0.1) is 29.7 Å². The number of nitrogens with zero attached hydrogens (tertiary/aromatic N) is 1. The Morgan fingerprint density at radius 1 is 1.06 bits per heavy atom. The molecule has 0 aromatic heterocycles. The minimum atomic E-state index is -0.747. The molecule has 4 unspecified atom stereocenters. The van der Waals surface area contributed by atoms with E-state index in [4.69, 9.17) is 21.1 Å². The van der Waals surface area contributed by atoms with Crippen LogP contribution in [-0.4, -0.2) is 31.3 Å². The van der Waals surface area contributed by atoms with E-state index >= 15 is 4.39 Å². The number of rotatable bonds is 6. The Morgan fingerprint density at radius 2 is 1.74 bits per heavy atom. The number of halogens is 2. The fourth-order valence-electron chi connectivity index (χ4n) is 6.03. The van der Waals surface area contributed by atoms with Gasteiger partial charge in [-0.2, -0.15) is 0 Å². The number of carbonyl (C=O) groups excluding carboxylic acids is 3. The van der Waals surface area contributed by atoms with Gasteiger partial charge in [-0.25, -0.2) is 9.29 Å². The predicted octanol–water partition coefficient (Wildman–Crippen LogP) is 4.31. The van der Waals surface area contributed by atoms with Gasteiger partial charge in [0.15, 0.2) is 18.2 Å². The summed E-state index contributed by atoms with van der Waals surface area (Å²) in [6, 6.07) is 8.54. The van der Waals surface area contributed by atoms with Crippen molar-refractivity contribution in [3.05, 3.63) is 65.0 Å². The molecule has 4 aliphatic carbocycles. The van der Waals surface area contributed by atoms with Crippen molar-refractivity contribution in [3.63, 3.8) is 0 Å². The minimum Gasteiger partial charge on any atom is -0.495 e. The quantitative estimate of drug-likeness (QED) is 0.349. The Bertz CT molecular complexity index is 1240. The molecule has 0 N–H and O–H groups in total. The van der Waals surface area contributed by atoms with Gasteiger partial charge in [-0.1, -0.05) is 23.8 Å². The number of hydrogen-bond acceptors (Lipinski definition) is 5. The van der Waals surface area contributed by atoms with Crippen molar-refractivity contribution < 1.29 is 28.2 Å². The van der Waals surface area contributed by atoms with Gasteiger partial charge in [0.25, 0.3) is 0 Å². The van der Waals surface area contributed by atoms with Gasteiger partial charge in [0.2, 0.25) is 11.8 Å². The van der Waals surface area contributed by atoms with Crippen LogP contribution >= 0.6 is 11.6 Å². The van der Waals surface area contributed by atoms with Crippen LogP contribution in [0.4, 0.5) is 10.1 Å². The van der Waals surface area contributed by atoms with E-state index in [0.29, 0.717) is 28.2 Å². The lowest BCUT2D eigenvalue weighted by atomic mass is 9.63. The van der Waals surface area contributed by atoms with Gasteiger partial charge in [-0.05, 0) is 60.4 Å². The Hall–Kier alpha value is -3.19. The summed E-state index contributed by atoms with van der Waals surface area (Å²) in [5, 5.41) is 0.296. The van der Waals surface area contributed by atoms with Crippen molar-refractivity contribution in [2.45, 2.75) is 6.42 Å². The summed E-state index contributed by atoms with van der Waals surface area (Å²) >= 11 is 6.06. The molecule has 2 aromatic carbocycles. The lowest BCUT2D eigenvalue weighted by molar-refractivity contribution is -0.124. The van der Waals surface area contributed by atoms with Crippen molar-refractivity contribution in [2.24, 2.45) is 35.5 Å². The van der Waals surface area contributed by atoms with Crippen molar-refractivity contribution in [3.8, 4) is 11.5 Å². The molecule has 0 spiro atoms. The van der Waals surface area contributed by atoms with Gasteiger partial charge in [0, 0.05) is 11.6 Å². The highest BCUT2D eigenvalue weighted by Gasteiger charge is 2.67. The zero-order valence-electron chi connectivity index (χ0n) is 18.2. The number of allylic oxidation sites excluding steroid dienone is 2. The van der Waals surface area contributed by atoms with E-state index in [1.807, 2.05) is 0 Å². The average Bonchev–Trinajstić information content (AvgIpc) is 3.61. The fourth-order valence-corrected chi connectivity index (χ4v) is 6.28. The highest BCUT2D eigenvalue weighted by Crippen LogP contribution is 2.65. The number of imide groups is 1. The standard InChI is InChI=1S/C26H21ClFNO5/c1-33-22-7-2-12(8-18(22)27)21(30)11-34-13-3-6-20(19(28)9-13)29-25(31)23-14-4-5-15(17-10-16(14)17)24(23)26(29)32/h2-9,14-17,23-24H,10-11H2,1H3/t14-,15?,16?,17-,23?,24?/m1/s1. The average molecular weight is 482 g/mol. The summed E-state index contributed by atoms with van der Waals surface area (Å²) in [7, 11) is 1.48. The molecule has 2 bridgehead atoms. The third kappa shape index (κ3) is 3.10. The summed E-state index contributed by atoms with van der Waals surface area (Å²) in [4.78, 5) is 39.8. The van der Waals surface area contributed by atoms with Crippen LogP contribution in [0.1, 0.15) is 16.8 Å². The number of ether oxygens (including phenoxy) is 2. The number of carbonyl (C=O) groups is 3. The summed E-state index contributed by atoms with van der Waals surface area (Å²) in [6.45, 7) is -0.328. The molecule has 6 atom stereocenters. The van der Waals surface area contributed by atoms with E-state index in [1.165, 1.54) is 25.3 Å². The largest absolute Gasteiger partial charge is 0.495 e. The fraction of sp³-hybridized carbons (Fsp3) is 0.346. The van der Waals surface area contributed by atoms with Gasteiger partial charge < -0.3 is 9.47 Å². The Morgan fingerprint density at radius 3 is 2.32 bits per heavy atom. The van der Waals surface area contributed by atoms with Crippen LogP contribution in [-0.2, 0) is 9.59 Å². The van der Waals surface area contributed by atoms with E-state index in [2.05, 4.69) is 12.2 Å². The van der Waals surface area contributed by atoms with E-state index in [-0.39, 0.29) is 47.5 Å². The maximum atomic E-state index is 15.0. The normalized spacial score (nSPS) is 30.3. The number of amides is 2. The zero-order valence-corrected chi connectivity index (χ0v) is 19.0. The third-order valence-corrected chi connectivity index (χ3v) is 7.96. The molecule has 1 heterocycles. The molecule has 1 saturated heterocycles. The zero-order chi connectivity index (χ0) is 23.7. The van der Waals surface area contributed by atoms with E-state index in [1.54, 1.807) is 12.1 Å². The molecule has 0 radical (unpaired) electrons. The second-order valence-electron chi connectivity index (χ2n) is 9.34. The summed E-state index contributed by atoms with van der Waals surface area (Å²) < 4.78 is 25.6. The number of Topliss-reactive ketones (excluding diaryl/α,β-unsaturated/α-hetero) is 1. The SMILES string of the molecule is COc1ccc(C(=O)COc2ccc(N3C(=O)C4C(C3=O)[C@@H]3C=CC4[C@H]4CC34)c(F)c2)cc1Cl. The molecule has 34 heavy (non-hydrogen) atoms. The van der Waals surface area contributed by atoms with Gasteiger partial charge in [0.1, 0.15) is 11.5 Å². The minimum absolute atomic E-state index is 0.0712. The van der Waals surface area contributed by atoms with Crippen molar-refractivity contribution in [1.29, 1.82) is 0 Å². The van der Waals surface area contributed by atoms with E-state index in [9.17, 15) is 14.4 Å². The van der Waals surface area contributed by atoms with E-state index in [0.717, 1.165) is 17.4 Å². The number of benzene rings is 2. The second kappa shape index (κ2) is 7.67. The summed E-state index contributed by atoms with van der Waals surface area (Å²) in [6.07, 6.45) is 5.22. The molecule has 174 valence electrons. The smallest absolute Gasteiger partial charge is 0.238 e. The number of hydrogen-bond donors (Lipinski definition) is 0. The van der Waals surface area contributed by atoms with Gasteiger partial charge >= 0.3 is 0 Å². The summed E-state index contributed by atoms with van der Waals surface area (Å²) in [5.41, 5.74) is 0.262. The molecule has 7 rings (SSSR count). The first-order valence-electron chi connectivity index (χ1n) is 11.2. The molecule has 6 nitrogen and oxygen atoms in total. The molecule has 2 aromatic rings. The highest BCUT2D eigenvalue weighted by atomic mass is 35.5. The predicted molar refractivity (Wildman–Crippen MR) is 121 cm³/mol. The lowest BCUT2D eigenvalue weighted by Gasteiger charge is -2.37. The molecule has 5 aliphatic rings. The van der Waals surface area contributed by atoms with Crippen molar-refractivity contribution >= 4 is 34.9 Å². The topological polar surface area (TPSA) is 72.9 Å². The maximum Gasteiger partial charge on any atom is 0.238 e. The Kier molecular flexibility index (Phi) is 4.81. The molecule has 2 amide bonds. The monoisotopic (exact) mass is 481 g/mol. The first-order valence-corrected chi connectivity index (χ1v) is 11.6. The highest BCUT2D eigenvalue weighted by molar-refractivity contribution is 6.32. The molecule has 8 heteroatoms. The van der Waals surface area contributed by atoms with Crippen LogP contribution in [0.25, 0.3) is 0 Å². The van der Waals surface area contributed by atoms with Crippen molar-refractivity contribution in [1.82, 2.24) is 0 Å². The molecule has 1 aliphatic heterocycles. The van der Waals surface area contributed by atoms with Crippen LogP contribution in [0.2, 0.25) is 5.02 Å². The van der Waals surface area contributed by atoms with Crippen LogP contribution in [0.5, 0.6) is 11.5 Å². The number of methoxy groups -OCH3 is 1. The molecule has 3 fully saturated rings. The van der Waals surface area contributed by atoms with Crippen LogP contribution < -0.4 is 14.4 Å². The first kappa shape index (κ1) is 21.4. The third-order valence-electron chi connectivity index (χ3n) is 7.67. The van der Waals surface area contributed by atoms with Gasteiger partial charge in [-0.15, -0.1) is 0 Å². The van der Waals surface area contributed by atoms with Crippen LogP contribution in [0.3, 0.4) is 0 Å².